The predicted molar refractivity (Wildman–Crippen MR) is 117 cm³/mol. The van der Waals surface area contributed by atoms with Crippen molar-refractivity contribution in [3.63, 3.8) is 0 Å². The largest absolute Gasteiger partial charge is 0.497 e. The summed E-state index contributed by atoms with van der Waals surface area (Å²) in [5, 5.41) is 4.79. The number of methoxy groups -OCH3 is 1. The van der Waals surface area contributed by atoms with Crippen LogP contribution in [-0.2, 0) is 0 Å². The Hall–Kier alpha value is -3.19. The number of hydrogen-bond donors (Lipinski definition) is 1. The highest BCUT2D eigenvalue weighted by Gasteiger charge is 2.20. The first-order valence-electron chi connectivity index (χ1n) is 9.36. The highest BCUT2D eigenvalue weighted by Crippen LogP contribution is 2.35. The van der Waals surface area contributed by atoms with Crippen molar-refractivity contribution in [2.75, 3.05) is 12.4 Å². The van der Waals surface area contributed by atoms with Crippen molar-refractivity contribution in [1.82, 2.24) is 14.5 Å². The average molecular weight is 407 g/mol. The minimum Gasteiger partial charge on any atom is -0.497 e. The van der Waals surface area contributed by atoms with Crippen LogP contribution in [0.25, 0.3) is 21.6 Å². The summed E-state index contributed by atoms with van der Waals surface area (Å²) in [4.78, 5) is 22.6. The van der Waals surface area contributed by atoms with Gasteiger partial charge in [0.1, 0.15) is 21.3 Å². The molecule has 148 valence electrons. The van der Waals surface area contributed by atoms with Gasteiger partial charge in [0.05, 0.1) is 12.8 Å². The van der Waals surface area contributed by atoms with Gasteiger partial charge in [0.15, 0.2) is 0 Å². The van der Waals surface area contributed by atoms with Crippen LogP contribution < -0.4 is 10.1 Å². The third kappa shape index (κ3) is 3.61. The molecule has 4 rings (SSSR count). The Kier molecular flexibility index (Phi) is 5.07. The molecule has 0 saturated carbocycles. The Morgan fingerprint density at radius 3 is 2.66 bits per heavy atom. The summed E-state index contributed by atoms with van der Waals surface area (Å²) in [6.45, 7) is 6.11. The van der Waals surface area contributed by atoms with E-state index >= 15 is 0 Å². The van der Waals surface area contributed by atoms with Gasteiger partial charge in [-0.05, 0) is 57.2 Å². The molecule has 1 N–H and O–H groups in total. The molecular weight excluding hydrogens is 384 g/mol. The maximum absolute atomic E-state index is 12.8. The van der Waals surface area contributed by atoms with E-state index in [2.05, 4.69) is 34.9 Å². The van der Waals surface area contributed by atoms with Gasteiger partial charge in [-0.15, -0.1) is 11.3 Å². The third-order valence-electron chi connectivity index (χ3n) is 4.73. The van der Waals surface area contributed by atoms with E-state index in [1.54, 1.807) is 13.3 Å². The average Bonchev–Trinajstić information content (AvgIpc) is 3.29. The molecule has 6 nitrogen and oxygen atoms in total. The summed E-state index contributed by atoms with van der Waals surface area (Å²) in [5.74, 6) is 0.580. The van der Waals surface area contributed by atoms with Gasteiger partial charge >= 0.3 is 0 Å². The number of aromatic nitrogens is 3. The van der Waals surface area contributed by atoms with E-state index in [9.17, 15) is 4.79 Å². The molecule has 29 heavy (non-hydrogen) atoms. The number of carbonyl (C=O) groups is 1. The Bertz CT molecular complexity index is 1180. The number of carbonyl (C=O) groups excluding carboxylic acids is 1. The minimum atomic E-state index is -0.165. The van der Waals surface area contributed by atoms with Crippen molar-refractivity contribution < 1.29 is 9.53 Å². The lowest BCUT2D eigenvalue weighted by molar-refractivity contribution is 0.103. The molecule has 0 atom stereocenters. The van der Waals surface area contributed by atoms with Gasteiger partial charge in [-0.3, -0.25) is 4.79 Å². The second-order valence-corrected chi connectivity index (χ2v) is 8.03. The van der Waals surface area contributed by atoms with Crippen molar-refractivity contribution in [3.05, 3.63) is 59.4 Å². The third-order valence-corrected chi connectivity index (χ3v) is 5.92. The molecule has 1 aromatic carbocycles. The summed E-state index contributed by atoms with van der Waals surface area (Å²) in [6.07, 6.45) is 3.87. The summed E-state index contributed by atoms with van der Waals surface area (Å²) < 4.78 is 7.29. The van der Waals surface area contributed by atoms with Crippen molar-refractivity contribution in [2.24, 2.45) is 0 Å². The molecule has 0 bridgehead atoms. The molecule has 0 aliphatic carbocycles. The van der Waals surface area contributed by atoms with Crippen LogP contribution in [0.5, 0.6) is 5.75 Å². The molecule has 7 heteroatoms. The highest BCUT2D eigenvalue weighted by molar-refractivity contribution is 7.17. The first-order chi connectivity index (χ1) is 14.0. The number of fused-ring (bicyclic) bond motifs is 1. The van der Waals surface area contributed by atoms with Crippen LogP contribution in [0.2, 0.25) is 0 Å². The zero-order valence-electron chi connectivity index (χ0n) is 16.8. The number of hydrogen-bond acceptors (Lipinski definition) is 5. The highest BCUT2D eigenvalue weighted by atomic mass is 32.1. The number of pyridine rings is 1. The van der Waals surface area contributed by atoms with Gasteiger partial charge in [-0.25, -0.2) is 9.97 Å². The van der Waals surface area contributed by atoms with E-state index in [1.807, 2.05) is 43.3 Å². The van der Waals surface area contributed by atoms with Gasteiger partial charge in [-0.2, -0.15) is 0 Å². The van der Waals surface area contributed by atoms with Gasteiger partial charge in [0.25, 0.3) is 5.91 Å². The lowest BCUT2D eigenvalue weighted by Crippen LogP contribution is -2.11. The number of thiazole rings is 1. The second-order valence-electron chi connectivity index (χ2n) is 7.03. The fourth-order valence-electron chi connectivity index (χ4n) is 3.23. The van der Waals surface area contributed by atoms with Gasteiger partial charge in [0.2, 0.25) is 0 Å². The Balaban J connectivity index is 1.67. The van der Waals surface area contributed by atoms with Crippen LogP contribution in [0.1, 0.15) is 35.3 Å². The van der Waals surface area contributed by atoms with Crippen molar-refractivity contribution in [2.45, 2.75) is 26.8 Å². The molecule has 1 amide bonds. The first-order valence-corrected chi connectivity index (χ1v) is 10.2. The fourth-order valence-corrected chi connectivity index (χ4v) is 4.22. The normalized spacial score (nSPS) is 11.2. The van der Waals surface area contributed by atoms with Crippen LogP contribution in [0.3, 0.4) is 0 Å². The van der Waals surface area contributed by atoms with Crippen molar-refractivity contribution in [3.8, 4) is 16.3 Å². The van der Waals surface area contributed by atoms with Crippen LogP contribution in [0, 0.1) is 6.92 Å². The van der Waals surface area contributed by atoms with Crippen molar-refractivity contribution >= 4 is 34.0 Å². The van der Waals surface area contributed by atoms with E-state index in [0.717, 1.165) is 27.4 Å². The molecule has 0 fully saturated rings. The maximum atomic E-state index is 12.8. The molecule has 0 aliphatic rings. The van der Waals surface area contributed by atoms with Gasteiger partial charge in [-0.1, -0.05) is 0 Å². The van der Waals surface area contributed by atoms with Crippen LogP contribution >= 0.6 is 11.3 Å². The molecule has 0 aliphatic heterocycles. The lowest BCUT2D eigenvalue weighted by atomic mass is 10.2. The SMILES string of the molecule is COc1ccc(NC(=O)c2sc(-c3cn(C(C)C)c4ncccc34)nc2C)cc1. The number of ether oxygens (including phenoxy) is 1. The Morgan fingerprint density at radius 2 is 1.97 bits per heavy atom. The van der Waals surface area contributed by atoms with E-state index < -0.39 is 0 Å². The number of nitrogens with zero attached hydrogens (tertiary/aromatic N) is 3. The zero-order chi connectivity index (χ0) is 20.5. The van der Waals surface area contributed by atoms with Gasteiger partial charge < -0.3 is 14.6 Å². The zero-order valence-corrected chi connectivity index (χ0v) is 17.6. The quantitative estimate of drug-likeness (QED) is 0.488. The minimum absolute atomic E-state index is 0.165. The van der Waals surface area contributed by atoms with Crippen LogP contribution in [0.15, 0.2) is 48.8 Å². The summed E-state index contributed by atoms with van der Waals surface area (Å²) in [6, 6.07) is 11.5. The molecule has 0 unspecified atom stereocenters. The number of benzene rings is 1. The second kappa shape index (κ2) is 7.67. The molecule has 0 saturated heterocycles. The number of nitrogens with one attached hydrogen (secondary N) is 1. The van der Waals surface area contributed by atoms with E-state index in [0.29, 0.717) is 16.3 Å². The van der Waals surface area contributed by atoms with E-state index in [4.69, 9.17) is 9.72 Å². The molecular formula is C22H22N4O2S. The predicted octanol–water partition coefficient (Wildman–Crippen LogP) is 5.31. The molecule has 3 aromatic heterocycles. The fraction of sp³-hybridized carbons (Fsp3) is 0.227. The monoisotopic (exact) mass is 406 g/mol. The van der Waals surface area contributed by atoms with E-state index in [-0.39, 0.29) is 11.9 Å². The van der Waals surface area contributed by atoms with Crippen molar-refractivity contribution in [1.29, 1.82) is 0 Å². The van der Waals surface area contributed by atoms with E-state index in [1.165, 1.54) is 11.3 Å². The number of anilines is 1. The van der Waals surface area contributed by atoms with Crippen LogP contribution in [-0.4, -0.2) is 27.6 Å². The lowest BCUT2D eigenvalue weighted by Gasteiger charge is -2.07. The Morgan fingerprint density at radius 1 is 1.21 bits per heavy atom. The number of aryl methyl sites for hydroxylation is 1. The standard InChI is InChI=1S/C22H22N4O2S/c1-13(2)26-12-18(17-6-5-11-23-20(17)26)22-24-14(3)19(29-22)21(27)25-15-7-9-16(28-4)10-8-15/h5-13H,1-4H3,(H,25,27). The molecule has 4 aromatic rings. The van der Waals surface area contributed by atoms with Crippen LogP contribution in [0.4, 0.5) is 5.69 Å². The summed E-state index contributed by atoms with van der Waals surface area (Å²) in [7, 11) is 1.61. The van der Waals surface area contributed by atoms with Gasteiger partial charge in [0, 0.05) is 35.1 Å². The smallest absolute Gasteiger partial charge is 0.267 e. The molecule has 3 heterocycles. The maximum Gasteiger partial charge on any atom is 0.267 e. The summed E-state index contributed by atoms with van der Waals surface area (Å²) >= 11 is 1.40. The number of amides is 1. The summed E-state index contributed by atoms with van der Waals surface area (Å²) in [5.41, 5.74) is 3.35. The molecule has 0 radical (unpaired) electrons. The topological polar surface area (TPSA) is 69.0 Å². The Labute approximate surface area is 173 Å². The first kappa shape index (κ1) is 19.1. The molecule has 0 spiro atoms. The number of rotatable bonds is 5.